The van der Waals surface area contributed by atoms with E-state index in [1.54, 1.807) is 0 Å². The molecular weight excluding hydrogens is 380 g/mol. The molecule has 30 heavy (non-hydrogen) atoms. The molecule has 8 heteroatoms. The molecule has 156 valence electrons. The Balaban J connectivity index is 1.72. The van der Waals surface area contributed by atoms with E-state index < -0.39 is 0 Å². The van der Waals surface area contributed by atoms with Gasteiger partial charge in [0.25, 0.3) is 0 Å². The van der Waals surface area contributed by atoms with E-state index in [0.717, 1.165) is 88.3 Å². The van der Waals surface area contributed by atoms with Crippen LogP contribution in [-0.2, 0) is 0 Å². The number of hydrogen-bond acceptors (Lipinski definition) is 7. The van der Waals surface area contributed by atoms with Gasteiger partial charge in [0, 0.05) is 42.9 Å². The minimum Gasteiger partial charge on any atom is -0.361 e. The van der Waals surface area contributed by atoms with E-state index in [4.69, 9.17) is 14.0 Å². The third-order valence-corrected chi connectivity index (χ3v) is 6.00. The number of fused-ring (bicyclic) bond motifs is 1. The number of nitrogens with zero attached hydrogens (tertiary/aromatic N) is 5. The van der Waals surface area contributed by atoms with E-state index in [0.29, 0.717) is 0 Å². The quantitative estimate of drug-likeness (QED) is 0.553. The fourth-order valence-electron chi connectivity index (χ4n) is 4.37. The van der Waals surface area contributed by atoms with Crippen molar-refractivity contribution in [2.75, 3.05) is 38.1 Å². The van der Waals surface area contributed by atoms with Crippen LogP contribution in [0.15, 0.2) is 21.2 Å². The number of H-pyrrole nitrogens is 1. The third kappa shape index (κ3) is 2.99. The summed E-state index contributed by atoms with van der Waals surface area (Å²) in [4.78, 5) is 13.2. The van der Waals surface area contributed by atoms with Crippen molar-refractivity contribution >= 4 is 17.0 Å². The van der Waals surface area contributed by atoms with Crippen molar-refractivity contribution in [1.29, 1.82) is 0 Å². The number of rotatable bonds is 3. The number of aromatic nitrogens is 4. The summed E-state index contributed by atoms with van der Waals surface area (Å²) in [5.41, 5.74) is 7.69. The van der Waals surface area contributed by atoms with Gasteiger partial charge in [-0.1, -0.05) is 10.3 Å². The Hall–Kier alpha value is -3.13. The number of imidazole rings is 1. The second kappa shape index (κ2) is 6.98. The zero-order valence-electron chi connectivity index (χ0n) is 18.0. The molecule has 1 fully saturated rings. The van der Waals surface area contributed by atoms with E-state index in [9.17, 15) is 0 Å². The van der Waals surface area contributed by atoms with Crippen LogP contribution in [0.5, 0.6) is 0 Å². The predicted octanol–water partition coefficient (Wildman–Crippen LogP) is 3.86. The zero-order valence-corrected chi connectivity index (χ0v) is 18.0. The van der Waals surface area contributed by atoms with Crippen LogP contribution in [0.1, 0.15) is 22.9 Å². The molecule has 1 saturated heterocycles. The van der Waals surface area contributed by atoms with Crippen LogP contribution in [-0.4, -0.2) is 58.4 Å². The van der Waals surface area contributed by atoms with E-state index in [1.165, 1.54) is 0 Å². The summed E-state index contributed by atoms with van der Waals surface area (Å²) >= 11 is 0. The van der Waals surface area contributed by atoms with Crippen molar-refractivity contribution in [3.05, 3.63) is 35.0 Å². The van der Waals surface area contributed by atoms with Gasteiger partial charge in [-0.2, -0.15) is 0 Å². The largest absolute Gasteiger partial charge is 0.361 e. The summed E-state index contributed by atoms with van der Waals surface area (Å²) in [7, 11) is 2.15. The number of piperazine rings is 1. The highest BCUT2D eigenvalue weighted by atomic mass is 16.5. The molecule has 4 heterocycles. The Morgan fingerprint density at radius 3 is 2.10 bits per heavy atom. The Morgan fingerprint density at radius 1 is 0.867 bits per heavy atom. The van der Waals surface area contributed by atoms with E-state index in [2.05, 4.69) is 44.3 Å². The van der Waals surface area contributed by atoms with Gasteiger partial charge >= 0.3 is 0 Å². The Bertz CT molecular complexity index is 1190. The molecule has 0 unspecified atom stereocenters. The van der Waals surface area contributed by atoms with Gasteiger partial charge in [0.2, 0.25) is 5.95 Å². The average Bonchev–Trinajstić information content (AvgIpc) is 3.39. The van der Waals surface area contributed by atoms with Crippen LogP contribution in [0.2, 0.25) is 0 Å². The lowest BCUT2D eigenvalue weighted by Crippen LogP contribution is -2.44. The van der Waals surface area contributed by atoms with Crippen molar-refractivity contribution in [1.82, 2.24) is 25.2 Å². The summed E-state index contributed by atoms with van der Waals surface area (Å²) < 4.78 is 10.9. The van der Waals surface area contributed by atoms with Gasteiger partial charge in [0.05, 0.1) is 22.4 Å². The number of nitrogens with one attached hydrogen (secondary N) is 1. The maximum Gasteiger partial charge on any atom is 0.203 e. The van der Waals surface area contributed by atoms with E-state index in [1.807, 2.05) is 27.7 Å². The molecule has 8 nitrogen and oxygen atoms in total. The Morgan fingerprint density at radius 2 is 1.50 bits per heavy atom. The molecule has 4 aromatic rings. The molecular formula is C22H26N6O2. The van der Waals surface area contributed by atoms with Crippen molar-refractivity contribution in [3.8, 4) is 22.3 Å². The average molecular weight is 406 g/mol. The summed E-state index contributed by atoms with van der Waals surface area (Å²) in [6.45, 7) is 11.8. The predicted molar refractivity (Wildman–Crippen MR) is 116 cm³/mol. The molecule has 1 aliphatic heterocycles. The molecule has 5 rings (SSSR count). The van der Waals surface area contributed by atoms with Crippen LogP contribution in [0.3, 0.4) is 0 Å². The van der Waals surface area contributed by atoms with Crippen molar-refractivity contribution in [3.63, 3.8) is 0 Å². The fraction of sp³-hybridized carbons (Fsp3) is 0.409. The summed E-state index contributed by atoms with van der Waals surface area (Å²) in [6.07, 6.45) is 0. The number of aryl methyl sites for hydroxylation is 4. The number of benzene rings is 1. The first-order valence-corrected chi connectivity index (χ1v) is 10.3. The molecule has 3 aromatic heterocycles. The van der Waals surface area contributed by atoms with Crippen molar-refractivity contribution in [2.45, 2.75) is 27.7 Å². The molecule has 1 N–H and O–H groups in total. The van der Waals surface area contributed by atoms with Gasteiger partial charge in [-0.15, -0.1) is 0 Å². The van der Waals surface area contributed by atoms with Crippen LogP contribution < -0.4 is 4.90 Å². The van der Waals surface area contributed by atoms with Crippen LogP contribution in [0, 0.1) is 27.7 Å². The smallest absolute Gasteiger partial charge is 0.203 e. The topological polar surface area (TPSA) is 87.2 Å². The maximum atomic E-state index is 5.48. The second-order valence-corrected chi connectivity index (χ2v) is 8.17. The lowest BCUT2D eigenvalue weighted by atomic mass is 9.96. The number of aromatic amines is 1. The van der Waals surface area contributed by atoms with Crippen molar-refractivity contribution < 1.29 is 9.05 Å². The number of likely N-dealkylation sites (N-methyl/N-ethyl adjacent to an activating group) is 1. The third-order valence-electron chi connectivity index (χ3n) is 6.00. The lowest BCUT2D eigenvalue weighted by Gasteiger charge is -2.32. The molecule has 1 aromatic carbocycles. The monoisotopic (exact) mass is 406 g/mol. The van der Waals surface area contributed by atoms with Gasteiger partial charge in [-0.25, -0.2) is 4.98 Å². The number of anilines is 1. The Labute approximate surface area is 174 Å². The first-order valence-electron chi connectivity index (χ1n) is 10.3. The van der Waals surface area contributed by atoms with Crippen LogP contribution >= 0.6 is 0 Å². The highest BCUT2D eigenvalue weighted by Gasteiger charge is 2.23. The highest BCUT2D eigenvalue weighted by Crippen LogP contribution is 2.38. The van der Waals surface area contributed by atoms with Crippen LogP contribution in [0.25, 0.3) is 33.3 Å². The second-order valence-electron chi connectivity index (χ2n) is 8.17. The summed E-state index contributed by atoms with van der Waals surface area (Å²) in [5, 5.41) is 8.31. The normalized spacial score (nSPS) is 15.4. The molecule has 0 radical (unpaired) electrons. The molecule has 0 spiro atoms. The van der Waals surface area contributed by atoms with E-state index >= 15 is 0 Å². The molecule has 0 aliphatic carbocycles. The summed E-state index contributed by atoms with van der Waals surface area (Å²) in [6, 6.07) is 4.28. The SMILES string of the molecule is Cc1noc(C)c1-c1cc(-c2c(C)noc2C)c2nc(N3CCN(C)CC3)[nH]c2c1. The molecule has 0 saturated carbocycles. The minimum atomic E-state index is 0.786. The lowest BCUT2D eigenvalue weighted by molar-refractivity contribution is 0.311. The molecule has 0 bridgehead atoms. The van der Waals surface area contributed by atoms with Crippen LogP contribution in [0.4, 0.5) is 5.95 Å². The van der Waals surface area contributed by atoms with Gasteiger partial charge < -0.3 is 23.8 Å². The first kappa shape index (κ1) is 18.9. The maximum absolute atomic E-state index is 5.48. The summed E-state index contributed by atoms with van der Waals surface area (Å²) in [5.74, 6) is 2.49. The molecule has 0 amide bonds. The van der Waals surface area contributed by atoms with Crippen molar-refractivity contribution in [2.24, 2.45) is 0 Å². The fourth-order valence-corrected chi connectivity index (χ4v) is 4.37. The van der Waals surface area contributed by atoms with Gasteiger partial charge in [0.15, 0.2) is 0 Å². The van der Waals surface area contributed by atoms with Gasteiger partial charge in [-0.05, 0) is 52.4 Å². The molecule has 0 atom stereocenters. The first-order chi connectivity index (χ1) is 14.4. The Kier molecular flexibility index (Phi) is 4.39. The van der Waals surface area contributed by atoms with Gasteiger partial charge in [-0.3, -0.25) is 0 Å². The number of hydrogen-bond donors (Lipinski definition) is 1. The molecule has 1 aliphatic rings. The van der Waals surface area contributed by atoms with Gasteiger partial charge in [0.1, 0.15) is 11.5 Å². The zero-order chi connectivity index (χ0) is 21.0. The standard InChI is InChI=1S/C22H26N6O2/c1-12-19(14(3)29-25-12)16-10-17(20-13(2)26-30-15(20)4)21-18(11-16)23-22(24-21)28-8-6-27(5)7-9-28/h10-11H,6-9H2,1-5H3,(H,23,24). The van der Waals surface area contributed by atoms with E-state index in [-0.39, 0.29) is 0 Å². The minimum absolute atomic E-state index is 0.786. The highest BCUT2D eigenvalue weighted by molar-refractivity contribution is 5.98.